The summed E-state index contributed by atoms with van der Waals surface area (Å²) in [6.07, 6.45) is -6.56. The number of esters is 4. The third-order valence-electron chi connectivity index (χ3n) is 2.96. The number of aliphatic hydroxyl groups is 1. The Bertz CT molecular complexity index is 502. The van der Waals surface area contributed by atoms with Crippen molar-refractivity contribution in [1.29, 1.82) is 0 Å². The predicted octanol–water partition coefficient (Wildman–Crippen LogP) is -0.938. The molecule has 3 unspecified atom stereocenters. The molecule has 0 aliphatic carbocycles. The maximum Gasteiger partial charge on any atom is 0.305 e. The van der Waals surface area contributed by atoms with Crippen molar-refractivity contribution in [2.45, 2.75) is 58.4 Å². The molecule has 0 saturated carbocycles. The van der Waals surface area contributed by atoms with Gasteiger partial charge in [0, 0.05) is 27.7 Å². The highest BCUT2D eigenvalue weighted by molar-refractivity contribution is 5.69. The zero-order chi connectivity index (χ0) is 18.4. The maximum atomic E-state index is 11.4. The van der Waals surface area contributed by atoms with E-state index < -0.39 is 61.2 Å². The molecule has 1 aliphatic rings. The topological polar surface area (TPSA) is 135 Å². The first-order valence-electron chi connectivity index (χ1n) is 7.11. The normalized spacial score (nSPS) is 29.3. The lowest BCUT2D eigenvalue weighted by molar-refractivity contribution is -0.299. The smallest absolute Gasteiger partial charge is 0.305 e. The largest absolute Gasteiger partial charge is 0.456 e. The quantitative estimate of drug-likeness (QED) is 0.490. The van der Waals surface area contributed by atoms with Gasteiger partial charge >= 0.3 is 23.9 Å². The summed E-state index contributed by atoms with van der Waals surface area (Å²) >= 11 is 0. The minimum atomic E-state index is -1.44. The summed E-state index contributed by atoms with van der Waals surface area (Å²) < 4.78 is 25.4. The SMILES string of the molecule is CC(=O)OC1C(OC(C)=O)[C@H](OC(C)=O)C(CO)O[C@H]1OC(C)=O. The molecule has 1 fully saturated rings. The molecule has 0 aromatic carbocycles. The molecule has 24 heavy (non-hydrogen) atoms. The number of aliphatic hydroxyl groups excluding tert-OH is 1. The monoisotopic (exact) mass is 348 g/mol. The second kappa shape index (κ2) is 8.60. The Balaban J connectivity index is 3.23. The van der Waals surface area contributed by atoms with Crippen LogP contribution in [-0.4, -0.2) is 66.3 Å². The van der Waals surface area contributed by atoms with Gasteiger partial charge in [0.1, 0.15) is 6.10 Å². The van der Waals surface area contributed by atoms with Crippen LogP contribution in [0.25, 0.3) is 0 Å². The Morgan fingerprint density at radius 3 is 1.58 bits per heavy atom. The molecule has 1 heterocycles. The number of carbonyl (C=O) groups is 4. The number of hydrogen-bond donors (Lipinski definition) is 1. The molecule has 1 rings (SSSR count). The Morgan fingerprint density at radius 2 is 1.17 bits per heavy atom. The standard InChI is InChI=1S/C14H20O10/c1-6(16)20-11-10(5-15)24-14(23-9(4)19)13(22-8(3)18)12(11)21-7(2)17/h10-15H,5H2,1-4H3/t10?,11-,12?,13?,14-/m1/s1. The van der Waals surface area contributed by atoms with Crippen molar-refractivity contribution in [3.8, 4) is 0 Å². The van der Waals surface area contributed by atoms with Crippen LogP contribution in [0.4, 0.5) is 0 Å². The molecular weight excluding hydrogens is 328 g/mol. The van der Waals surface area contributed by atoms with E-state index in [2.05, 4.69) is 0 Å². The van der Waals surface area contributed by atoms with Crippen LogP contribution in [0.5, 0.6) is 0 Å². The van der Waals surface area contributed by atoms with E-state index in [1.54, 1.807) is 0 Å². The van der Waals surface area contributed by atoms with Crippen molar-refractivity contribution in [2.75, 3.05) is 6.61 Å². The lowest BCUT2D eigenvalue weighted by Gasteiger charge is -2.43. The summed E-state index contributed by atoms with van der Waals surface area (Å²) in [5.41, 5.74) is 0. The molecule has 0 aromatic heterocycles. The van der Waals surface area contributed by atoms with E-state index in [1.165, 1.54) is 0 Å². The van der Waals surface area contributed by atoms with Gasteiger partial charge in [0.15, 0.2) is 12.2 Å². The first kappa shape index (κ1) is 19.8. The minimum Gasteiger partial charge on any atom is -0.456 e. The average molecular weight is 348 g/mol. The van der Waals surface area contributed by atoms with E-state index in [0.29, 0.717) is 0 Å². The highest BCUT2D eigenvalue weighted by Crippen LogP contribution is 2.29. The van der Waals surface area contributed by atoms with Crippen LogP contribution >= 0.6 is 0 Å². The molecule has 10 heteroatoms. The van der Waals surface area contributed by atoms with Crippen LogP contribution in [0.15, 0.2) is 0 Å². The summed E-state index contributed by atoms with van der Waals surface area (Å²) in [5.74, 6) is -3.00. The number of rotatable bonds is 5. The van der Waals surface area contributed by atoms with Gasteiger partial charge in [-0.3, -0.25) is 19.2 Å². The van der Waals surface area contributed by atoms with Gasteiger partial charge in [-0.1, -0.05) is 0 Å². The maximum absolute atomic E-state index is 11.4. The summed E-state index contributed by atoms with van der Waals surface area (Å²) in [4.78, 5) is 45.3. The number of ether oxygens (including phenoxy) is 5. The first-order chi connectivity index (χ1) is 11.1. The lowest BCUT2D eigenvalue weighted by atomic mass is 9.98. The van der Waals surface area contributed by atoms with Gasteiger partial charge in [0.2, 0.25) is 12.4 Å². The van der Waals surface area contributed by atoms with E-state index in [0.717, 1.165) is 27.7 Å². The van der Waals surface area contributed by atoms with Crippen LogP contribution in [0.2, 0.25) is 0 Å². The number of carbonyl (C=O) groups excluding carboxylic acids is 4. The van der Waals surface area contributed by atoms with Crippen LogP contribution in [-0.2, 0) is 42.9 Å². The average Bonchev–Trinajstić information content (AvgIpc) is 2.42. The Hall–Kier alpha value is -2.20. The first-order valence-corrected chi connectivity index (χ1v) is 7.11. The van der Waals surface area contributed by atoms with Gasteiger partial charge in [-0.15, -0.1) is 0 Å². The van der Waals surface area contributed by atoms with Gasteiger partial charge in [0.05, 0.1) is 6.61 Å². The van der Waals surface area contributed by atoms with Gasteiger partial charge < -0.3 is 28.8 Å². The summed E-state index contributed by atoms with van der Waals surface area (Å²) in [6, 6.07) is 0. The molecule has 1 N–H and O–H groups in total. The van der Waals surface area contributed by atoms with E-state index >= 15 is 0 Å². The van der Waals surface area contributed by atoms with Crippen molar-refractivity contribution in [3.05, 3.63) is 0 Å². The van der Waals surface area contributed by atoms with E-state index in [4.69, 9.17) is 23.7 Å². The molecule has 0 radical (unpaired) electrons. The highest BCUT2D eigenvalue weighted by Gasteiger charge is 2.53. The second-order valence-corrected chi connectivity index (χ2v) is 5.06. The van der Waals surface area contributed by atoms with E-state index in [1.807, 2.05) is 0 Å². The van der Waals surface area contributed by atoms with Gasteiger partial charge in [-0.2, -0.15) is 0 Å². The fourth-order valence-electron chi connectivity index (χ4n) is 2.26. The van der Waals surface area contributed by atoms with Crippen LogP contribution in [0, 0.1) is 0 Å². The molecule has 0 bridgehead atoms. The highest BCUT2D eigenvalue weighted by atomic mass is 16.7. The molecule has 1 aliphatic heterocycles. The van der Waals surface area contributed by atoms with Crippen molar-refractivity contribution in [2.24, 2.45) is 0 Å². The summed E-state index contributed by atoms with van der Waals surface area (Å²) in [6.45, 7) is 3.77. The van der Waals surface area contributed by atoms with Crippen molar-refractivity contribution in [1.82, 2.24) is 0 Å². The molecule has 0 aromatic rings. The van der Waals surface area contributed by atoms with Gasteiger partial charge in [0.25, 0.3) is 0 Å². The second-order valence-electron chi connectivity index (χ2n) is 5.06. The fraction of sp³-hybridized carbons (Fsp3) is 0.714. The fourth-order valence-corrected chi connectivity index (χ4v) is 2.26. The number of hydrogen-bond acceptors (Lipinski definition) is 10. The molecule has 0 amide bonds. The molecule has 0 spiro atoms. The van der Waals surface area contributed by atoms with E-state index in [-0.39, 0.29) is 0 Å². The Kier molecular flexibility index (Phi) is 7.11. The van der Waals surface area contributed by atoms with Crippen molar-refractivity contribution in [3.63, 3.8) is 0 Å². The summed E-state index contributed by atoms with van der Waals surface area (Å²) in [7, 11) is 0. The third-order valence-corrected chi connectivity index (χ3v) is 2.96. The Labute approximate surface area is 137 Å². The van der Waals surface area contributed by atoms with Crippen LogP contribution < -0.4 is 0 Å². The Morgan fingerprint density at radius 1 is 0.750 bits per heavy atom. The zero-order valence-corrected chi connectivity index (χ0v) is 13.7. The molecule has 5 atom stereocenters. The third kappa shape index (κ3) is 5.46. The molecule has 136 valence electrons. The summed E-state index contributed by atoms with van der Waals surface area (Å²) in [5, 5.41) is 9.44. The van der Waals surface area contributed by atoms with Crippen molar-refractivity contribution >= 4 is 23.9 Å². The predicted molar refractivity (Wildman–Crippen MR) is 74.2 cm³/mol. The van der Waals surface area contributed by atoms with E-state index in [9.17, 15) is 24.3 Å². The van der Waals surface area contributed by atoms with Gasteiger partial charge in [-0.25, -0.2) is 0 Å². The lowest BCUT2D eigenvalue weighted by Crippen LogP contribution is -2.62. The molecule has 1 saturated heterocycles. The zero-order valence-electron chi connectivity index (χ0n) is 13.7. The van der Waals surface area contributed by atoms with Crippen LogP contribution in [0.3, 0.4) is 0 Å². The van der Waals surface area contributed by atoms with Crippen LogP contribution in [0.1, 0.15) is 27.7 Å². The molecular formula is C14H20O10. The van der Waals surface area contributed by atoms with Crippen molar-refractivity contribution < 1.29 is 48.0 Å². The van der Waals surface area contributed by atoms with Gasteiger partial charge in [-0.05, 0) is 0 Å². The molecule has 10 nitrogen and oxygen atoms in total. The minimum absolute atomic E-state index is 0.625.